The summed E-state index contributed by atoms with van der Waals surface area (Å²) in [5.74, 6) is 0. The van der Waals surface area contributed by atoms with Crippen molar-refractivity contribution in [3.63, 3.8) is 0 Å². The average molecular weight is 301 g/mol. The third-order valence-electron chi connectivity index (χ3n) is 1.85. The van der Waals surface area contributed by atoms with Gasteiger partial charge in [0.15, 0.2) is 0 Å². The van der Waals surface area contributed by atoms with Crippen LogP contribution in [0.4, 0.5) is 0 Å². The summed E-state index contributed by atoms with van der Waals surface area (Å²) in [5, 5.41) is 1.15. The number of fused-ring (bicyclic) bond motifs is 1. The van der Waals surface area contributed by atoms with Crippen LogP contribution in [-0.2, 0) is 0 Å². The molecule has 0 spiro atoms. The molecule has 0 saturated carbocycles. The predicted molar refractivity (Wildman–Crippen MR) is 61.9 cm³/mol. The Kier molecular flexibility index (Phi) is 2.39. The Morgan fingerprint density at radius 2 is 1.92 bits per heavy atom. The van der Waals surface area contributed by atoms with Crippen LogP contribution >= 0.6 is 31.9 Å². The second kappa shape index (κ2) is 3.39. The number of aromatic nitrogens is 1. The second-order valence-electron chi connectivity index (χ2n) is 2.91. The first-order valence-corrected chi connectivity index (χ1v) is 5.48. The first kappa shape index (κ1) is 9.16. The molecule has 0 fully saturated rings. The van der Waals surface area contributed by atoms with Crippen LogP contribution in [0.15, 0.2) is 33.2 Å². The number of rotatable bonds is 0. The number of benzene rings is 1. The van der Waals surface area contributed by atoms with Crippen molar-refractivity contribution in [1.29, 1.82) is 0 Å². The Hall–Kier alpha value is -0.410. The van der Waals surface area contributed by atoms with Crippen LogP contribution in [0.5, 0.6) is 0 Å². The lowest BCUT2D eigenvalue weighted by atomic mass is 10.2. The fourth-order valence-electron chi connectivity index (χ4n) is 1.28. The largest absolute Gasteiger partial charge is 0.253 e. The van der Waals surface area contributed by atoms with Crippen LogP contribution in [0.1, 0.15) is 5.69 Å². The molecule has 2 aromatic rings. The molecule has 2 rings (SSSR count). The summed E-state index contributed by atoms with van der Waals surface area (Å²) in [7, 11) is 0. The fourth-order valence-corrected chi connectivity index (χ4v) is 2.30. The van der Waals surface area contributed by atoms with Gasteiger partial charge in [-0.25, -0.2) is 0 Å². The van der Waals surface area contributed by atoms with E-state index in [0.717, 1.165) is 25.5 Å². The third kappa shape index (κ3) is 1.76. The lowest BCUT2D eigenvalue weighted by molar-refractivity contribution is 1.25. The maximum absolute atomic E-state index is 4.44. The molecule has 13 heavy (non-hydrogen) atoms. The lowest BCUT2D eigenvalue weighted by Crippen LogP contribution is -1.84. The Morgan fingerprint density at radius 3 is 2.69 bits per heavy atom. The number of halogens is 2. The minimum Gasteiger partial charge on any atom is -0.253 e. The van der Waals surface area contributed by atoms with E-state index in [9.17, 15) is 0 Å². The van der Waals surface area contributed by atoms with Crippen LogP contribution in [0.2, 0.25) is 0 Å². The maximum Gasteiger partial charge on any atom is 0.0727 e. The summed E-state index contributed by atoms with van der Waals surface area (Å²) in [6.07, 6.45) is 0. The summed E-state index contributed by atoms with van der Waals surface area (Å²) in [5.41, 5.74) is 2.04. The number of hydrogen-bond acceptors (Lipinski definition) is 1. The minimum absolute atomic E-state index is 1.02. The smallest absolute Gasteiger partial charge is 0.0727 e. The van der Waals surface area contributed by atoms with Gasteiger partial charge >= 0.3 is 0 Å². The first-order chi connectivity index (χ1) is 6.16. The van der Waals surface area contributed by atoms with E-state index in [2.05, 4.69) is 42.9 Å². The highest BCUT2D eigenvalue weighted by Gasteiger charge is 2.01. The Labute approximate surface area is 93.4 Å². The van der Waals surface area contributed by atoms with Gasteiger partial charge in [0.1, 0.15) is 0 Å². The normalized spacial score (nSPS) is 10.7. The van der Waals surface area contributed by atoms with Gasteiger partial charge in [0, 0.05) is 20.0 Å². The standard InChI is InChI=1S/C10H7Br2N/c1-6-4-9(12)8-3-2-7(11)5-10(8)13-6/h2-5H,1H3. The molecule has 0 aliphatic carbocycles. The molecule has 1 heterocycles. The van der Waals surface area contributed by atoms with Crippen molar-refractivity contribution >= 4 is 42.8 Å². The molecule has 0 radical (unpaired) electrons. The summed E-state index contributed by atoms with van der Waals surface area (Å²) in [6.45, 7) is 1.99. The van der Waals surface area contributed by atoms with Crippen molar-refractivity contribution < 1.29 is 0 Å². The molecular weight excluding hydrogens is 294 g/mol. The molecule has 3 heteroatoms. The molecule has 0 atom stereocenters. The molecule has 1 aromatic heterocycles. The van der Waals surface area contributed by atoms with E-state index in [1.54, 1.807) is 0 Å². The van der Waals surface area contributed by atoms with Crippen LogP contribution in [-0.4, -0.2) is 4.98 Å². The van der Waals surface area contributed by atoms with Crippen LogP contribution in [0.25, 0.3) is 10.9 Å². The Morgan fingerprint density at radius 1 is 1.15 bits per heavy atom. The van der Waals surface area contributed by atoms with Crippen molar-refractivity contribution in [3.8, 4) is 0 Å². The Balaban J connectivity index is 2.86. The zero-order valence-corrected chi connectivity index (χ0v) is 10.2. The summed E-state index contributed by atoms with van der Waals surface area (Å²) in [4.78, 5) is 4.44. The number of hydrogen-bond donors (Lipinski definition) is 0. The molecule has 0 unspecified atom stereocenters. The van der Waals surface area contributed by atoms with Crippen LogP contribution in [0, 0.1) is 6.92 Å². The molecule has 0 aliphatic heterocycles. The van der Waals surface area contributed by atoms with E-state index in [4.69, 9.17) is 0 Å². The predicted octanol–water partition coefficient (Wildman–Crippen LogP) is 4.07. The number of nitrogens with zero attached hydrogens (tertiary/aromatic N) is 1. The molecule has 1 aromatic carbocycles. The monoisotopic (exact) mass is 299 g/mol. The van der Waals surface area contributed by atoms with E-state index < -0.39 is 0 Å². The molecular formula is C10H7Br2N. The second-order valence-corrected chi connectivity index (χ2v) is 4.68. The Bertz CT molecular complexity index is 460. The number of aryl methyl sites for hydroxylation is 1. The van der Waals surface area contributed by atoms with Crippen molar-refractivity contribution in [3.05, 3.63) is 38.9 Å². The molecule has 1 nitrogen and oxygen atoms in total. The van der Waals surface area contributed by atoms with Crippen LogP contribution in [0.3, 0.4) is 0 Å². The van der Waals surface area contributed by atoms with Gasteiger partial charge in [-0.15, -0.1) is 0 Å². The highest BCUT2D eigenvalue weighted by atomic mass is 79.9. The van der Waals surface area contributed by atoms with Crippen molar-refractivity contribution in [2.24, 2.45) is 0 Å². The molecule has 0 amide bonds. The van der Waals surface area contributed by atoms with Crippen molar-refractivity contribution in [1.82, 2.24) is 4.98 Å². The minimum atomic E-state index is 1.02. The van der Waals surface area contributed by atoms with E-state index in [0.29, 0.717) is 0 Å². The van der Waals surface area contributed by atoms with Gasteiger partial charge in [0.05, 0.1) is 5.52 Å². The van der Waals surface area contributed by atoms with Gasteiger partial charge in [0.25, 0.3) is 0 Å². The van der Waals surface area contributed by atoms with Gasteiger partial charge < -0.3 is 0 Å². The summed E-state index contributed by atoms with van der Waals surface area (Å²) < 4.78 is 2.16. The molecule has 0 saturated heterocycles. The zero-order chi connectivity index (χ0) is 9.42. The molecule has 0 aliphatic rings. The summed E-state index contributed by atoms with van der Waals surface area (Å²) >= 11 is 6.94. The van der Waals surface area contributed by atoms with E-state index >= 15 is 0 Å². The maximum atomic E-state index is 4.44. The molecule has 0 N–H and O–H groups in total. The van der Waals surface area contributed by atoms with Crippen molar-refractivity contribution in [2.75, 3.05) is 0 Å². The average Bonchev–Trinajstić information content (AvgIpc) is 2.02. The van der Waals surface area contributed by atoms with E-state index in [-0.39, 0.29) is 0 Å². The van der Waals surface area contributed by atoms with Crippen LogP contribution < -0.4 is 0 Å². The highest BCUT2D eigenvalue weighted by molar-refractivity contribution is 9.11. The SMILES string of the molecule is Cc1cc(Br)c2ccc(Br)cc2n1. The van der Waals surface area contributed by atoms with Gasteiger partial charge in [-0.3, -0.25) is 4.98 Å². The third-order valence-corrected chi connectivity index (χ3v) is 3.00. The first-order valence-electron chi connectivity index (χ1n) is 3.89. The number of pyridine rings is 1. The quantitative estimate of drug-likeness (QED) is 0.715. The molecule has 66 valence electrons. The van der Waals surface area contributed by atoms with Gasteiger partial charge in [-0.1, -0.05) is 37.9 Å². The van der Waals surface area contributed by atoms with Gasteiger partial charge in [0.2, 0.25) is 0 Å². The summed E-state index contributed by atoms with van der Waals surface area (Å²) in [6, 6.07) is 8.11. The van der Waals surface area contributed by atoms with E-state index in [1.165, 1.54) is 0 Å². The zero-order valence-electron chi connectivity index (χ0n) is 7.01. The lowest BCUT2D eigenvalue weighted by Gasteiger charge is -2.02. The molecule has 0 bridgehead atoms. The fraction of sp³-hybridized carbons (Fsp3) is 0.100. The van der Waals surface area contributed by atoms with Crippen molar-refractivity contribution in [2.45, 2.75) is 6.92 Å². The topological polar surface area (TPSA) is 12.9 Å². The highest BCUT2D eigenvalue weighted by Crippen LogP contribution is 2.25. The van der Waals surface area contributed by atoms with Gasteiger partial charge in [-0.05, 0) is 25.1 Å². The van der Waals surface area contributed by atoms with E-state index in [1.807, 2.05) is 25.1 Å². The van der Waals surface area contributed by atoms with Gasteiger partial charge in [-0.2, -0.15) is 0 Å².